The lowest BCUT2D eigenvalue weighted by atomic mass is 10.2. The molecule has 0 unspecified atom stereocenters. The minimum Gasteiger partial charge on any atom is -0.423 e. The highest BCUT2D eigenvalue weighted by atomic mass is 35.5. The van der Waals surface area contributed by atoms with Crippen LogP contribution in [-0.4, -0.2) is 18.2 Å². The first-order valence-electron chi connectivity index (χ1n) is 6.31. The molecule has 2 aromatic rings. The number of esters is 1. The van der Waals surface area contributed by atoms with Crippen LogP contribution in [-0.2, 0) is 0 Å². The average Bonchev–Trinajstić information content (AvgIpc) is 2.47. The molecule has 2 rings (SSSR count). The predicted molar refractivity (Wildman–Crippen MR) is 88.2 cm³/mol. The van der Waals surface area contributed by atoms with Crippen molar-refractivity contribution in [3.05, 3.63) is 63.6 Å². The van der Waals surface area contributed by atoms with E-state index in [2.05, 4.69) is 10.5 Å². The molecular formula is C15H11Cl2N3O3. The number of carbonyl (C=O) groups is 2. The maximum Gasteiger partial charge on any atom is 0.345 e. The summed E-state index contributed by atoms with van der Waals surface area (Å²) >= 11 is 11.7. The number of nitrogens with two attached hydrogens (primary N) is 1. The number of rotatable bonds is 4. The Balaban J connectivity index is 2.12. The number of benzene rings is 2. The zero-order valence-electron chi connectivity index (χ0n) is 11.6. The minimum atomic E-state index is -0.777. The number of primary amides is 1. The van der Waals surface area contributed by atoms with Crippen LogP contribution in [0, 0.1) is 0 Å². The number of nitrogens with one attached hydrogen (secondary N) is 1. The molecular weight excluding hydrogens is 341 g/mol. The van der Waals surface area contributed by atoms with Crippen molar-refractivity contribution >= 4 is 41.4 Å². The molecule has 0 aliphatic rings. The maximum absolute atomic E-state index is 12.1. The van der Waals surface area contributed by atoms with Crippen LogP contribution >= 0.6 is 23.2 Å². The second-order valence-electron chi connectivity index (χ2n) is 4.32. The zero-order valence-corrected chi connectivity index (χ0v) is 13.1. The second kappa shape index (κ2) is 7.62. The van der Waals surface area contributed by atoms with Crippen LogP contribution in [0.15, 0.2) is 47.6 Å². The van der Waals surface area contributed by atoms with Crippen molar-refractivity contribution in [3.63, 3.8) is 0 Å². The third kappa shape index (κ3) is 4.98. The highest BCUT2D eigenvalue weighted by molar-refractivity contribution is 6.36. The molecule has 0 atom stereocenters. The first-order valence-corrected chi connectivity index (χ1v) is 7.07. The van der Waals surface area contributed by atoms with Gasteiger partial charge in [-0.2, -0.15) is 5.10 Å². The Morgan fingerprint density at radius 1 is 1.17 bits per heavy atom. The lowest BCUT2D eigenvalue weighted by Crippen LogP contribution is -2.24. The van der Waals surface area contributed by atoms with E-state index in [1.807, 2.05) is 0 Å². The zero-order chi connectivity index (χ0) is 16.8. The van der Waals surface area contributed by atoms with Crippen LogP contribution in [0.1, 0.15) is 15.9 Å². The Kier molecular flexibility index (Phi) is 5.56. The monoisotopic (exact) mass is 351 g/mol. The molecule has 0 aliphatic carbocycles. The van der Waals surface area contributed by atoms with E-state index in [4.69, 9.17) is 33.7 Å². The van der Waals surface area contributed by atoms with Gasteiger partial charge in [0.2, 0.25) is 0 Å². The molecule has 0 radical (unpaired) electrons. The van der Waals surface area contributed by atoms with E-state index in [-0.39, 0.29) is 10.6 Å². The molecule has 0 bridgehead atoms. The van der Waals surface area contributed by atoms with E-state index in [0.29, 0.717) is 16.3 Å². The molecule has 0 fully saturated rings. The summed E-state index contributed by atoms with van der Waals surface area (Å²) in [6.45, 7) is 0. The van der Waals surface area contributed by atoms with E-state index in [1.165, 1.54) is 18.3 Å². The minimum absolute atomic E-state index is 0.200. The molecule has 2 aromatic carbocycles. The fraction of sp³-hybridized carbons (Fsp3) is 0. The van der Waals surface area contributed by atoms with E-state index >= 15 is 0 Å². The second-order valence-corrected chi connectivity index (χ2v) is 5.16. The number of hydrazone groups is 1. The van der Waals surface area contributed by atoms with E-state index in [1.54, 1.807) is 30.3 Å². The quantitative estimate of drug-likeness (QED) is 0.383. The normalized spacial score (nSPS) is 10.5. The Bertz CT molecular complexity index is 778. The van der Waals surface area contributed by atoms with Gasteiger partial charge in [-0.05, 0) is 35.9 Å². The fourth-order valence-corrected chi connectivity index (χ4v) is 2.13. The third-order valence-corrected chi connectivity index (χ3v) is 3.16. The predicted octanol–water partition coefficient (Wildman–Crippen LogP) is 3.21. The van der Waals surface area contributed by atoms with Gasteiger partial charge in [0, 0.05) is 5.02 Å². The molecule has 23 heavy (non-hydrogen) atoms. The number of urea groups is 1. The van der Waals surface area contributed by atoms with Crippen LogP contribution in [0.2, 0.25) is 10.0 Å². The number of ether oxygens (including phenoxy) is 1. The number of hydrogen-bond donors (Lipinski definition) is 2. The Morgan fingerprint density at radius 3 is 2.65 bits per heavy atom. The fourth-order valence-electron chi connectivity index (χ4n) is 1.65. The van der Waals surface area contributed by atoms with Crippen molar-refractivity contribution in [1.82, 2.24) is 5.43 Å². The Hall–Kier alpha value is -2.57. The van der Waals surface area contributed by atoms with E-state index in [0.717, 1.165) is 0 Å². The number of hydrogen-bond acceptors (Lipinski definition) is 4. The summed E-state index contributed by atoms with van der Waals surface area (Å²) in [5.41, 5.74) is 7.75. The van der Waals surface area contributed by atoms with Crippen LogP contribution in [0.5, 0.6) is 5.75 Å². The van der Waals surface area contributed by atoms with Gasteiger partial charge in [-0.3, -0.25) is 0 Å². The Morgan fingerprint density at radius 2 is 1.96 bits per heavy atom. The molecule has 118 valence electrons. The number of nitrogens with zero attached hydrogens (tertiary/aromatic N) is 1. The van der Waals surface area contributed by atoms with Gasteiger partial charge in [0.1, 0.15) is 5.75 Å². The van der Waals surface area contributed by atoms with Gasteiger partial charge in [0.05, 0.1) is 16.8 Å². The number of amides is 2. The molecule has 6 nitrogen and oxygen atoms in total. The summed E-state index contributed by atoms with van der Waals surface area (Å²) in [7, 11) is 0. The van der Waals surface area contributed by atoms with Gasteiger partial charge in [-0.15, -0.1) is 0 Å². The molecule has 0 spiro atoms. The SMILES string of the molecule is NC(=O)N/N=C\c1cccc(OC(=O)c2ccc(Cl)cc2Cl)c1. The average molecular weight is 352 g/mol. The molecule has 0 aromatic heterocycles. The van der Waals surface area contributed by atoms with Gasteiger partial charge in [-0.1, -0.05) is 35.3 Å². The van der Waals surface area contributed by atoms with Crippen molar-refractivity contribution in [2.45, 2.75) is 0 Å². The summed E-state index contributed by atoms with van der Waals surface area (Å²) in [6.07, 6.45) is 1.36. The van der Waals surface area contributed by atoms with Crippen molar-refractivity contribution in [2.75, 3.05) is 0 Å². The van der Waals surface area contributed by atoms with Crippen LogP contribution < -0.4 is 15.9 Å². The van der Waals surface area contributed by atoms with Gasteiger partial charge in [0.15, 0.2) is 0 Å². The molecule has 0 aliphatic heterocycles. The van der Waals surface area contributed by atoms with Crippen molar-refractivity contribution < 1.29 is 14.3 Å². The molecule has 0 saturated heterocycles. The largest absolute Gasteiger partial charge is 0.423 e. The van der Waals surface area contributed by atoms with Crippen LogP contribution in [0.4, 0.5) is 4.79 Å². The van der Waals surface area contributed by atoms with Crippen molar-refractivity contribution in [1.29, 1.82) is 0 Å². The van der Waals surface area contributed by atoms with E-state index in [9.17, 15) is 9.59 Å². The molecule has 0 heterocycles. The smallest absolute Gasteiger partial charge is 0.345 e. The molecule has 8 heteroatoms. The summed E-state index contributed by atoms with van der Waals surface area (Å²) < 4.78 is 5.25. The first-order chi connectivity index (χ1) is 11.0. The summed E-state index contributed by atoms with van der Waals surface area (Å²) in [4.78, 5) is 22.6. The third-order valence-electron chi connectivity index (χ3n) is 2.61. The van der Waals surface area contributed by atoms with Gasteiger partial charge >= 0.3 is 12.0 Å². The van der Waals surface area contributed by atoms with Gasteiger partial charge in [-0.25, -0.2) is 15.0 Å². The first kappa shape index (κ1) is 16.8. The number of carbonyl (C=O) groups excluding carboxylic acids is 2. The Labute approximate surface area is 141 Å². The molecule has 2 amide bonds. The summed E-state index contributed by atoms with van der Waals surface area (Å²) in [5, 5.41) is 4.24. The van der Waals surface area contributed by atoms with Crippen molar-refractivity contribution in [3.8, 4) is 5.75 Å². The standard InChI is InChI=1S/C15H11Cl2N3O3/c16-10-4-5-12(13(17)7-10)14(21)23-11-3-1-2-9(6-11)8-19-20-15(18)22/h1-8H,(H3,18,20,22)/b19-8-. The van der Waals surface area contributed by atoms with Crippen molar-refractivity contribution in [2.24, 2.45) is 10.8 Å². The summed E-state index contributed by atoms with van der Waals surface area (Å²) in [6, 6.07) is 10.2. The number of halogens is 2. The van der Waals surface area contributed by atoms with Gasteiger partial charge < -0.3 is 10.5 Å². The van der Waals surface area contributed by atoms with Gasteiger partial charge in [0.25, 0.3) is 0 Å². The van der Waals surface area contributed by atoms with Crippen LogP contribution in [0.25, 0.3) is 0 Å². The maximum atomic E-state index is 12.1. The van der Waals surface area contributed by atoms with E-state index < -0.39 is 12.0 Å². The highest BCUT2D eigenvalue weighted by Crippen LogP contribution is 2.23. The lowest BCUT2D eigenvalue weighted by Gasteiger charge is -2.06. The lowest BCUT2D eigenvalue weighted by molar-refractivity contribution is 0.0735. The highest BCUT2D eigenvalue weighted by Gasteiger charge is 2.13. The topological polar surface area (TPSA) is 93.8 Å². The van der Waals surface area contributed by atoms with Crippen LogP contribution in [0.3, 0.4) is 0 Å². The summed E-state index contributed by atoms with van der Waals surface area (Å²) in [5.74, 6) is -0.319. The molecule has 0 saturated carbocycles. The molecule has 3 N–H and O–H groups in total.